The molecule has 0 aliphatic rings. The summed E-state index contributed by atoms with van der Waals surface area (Å²) in [5.74, 6) is -0.275. The molecular weight excluding hydrogens is 315 g/mol. The average molecular weight is 330 g/mol. The first-order valence-corrected chi connectivity index (χ1v) is 8.46. The second-order valence-corrected chi connectivity index (χ2v) is 7.52. The van der Waals surface area contributed by atoms with Crippen LogP contribution in [0, 0.1) is 19.7 Å². The zero-order valence-corrected chi connectivity index (χ0v) is 13.2. The predicted octanol–water partition coefficient (Wildman–Crippen LogP) is 1.68. The zero-order chi connectivity index (χ0) is 15.5. The average Bonchev–Trinajstić information content (AvgIpc) is 2.77. The van der Waals surface area contributed by atoms with E-state index in [1.165, 1.54) is 11.3 Å². The van der Waals surface area contributed by atoms with Gasteiger partial charge in [-0.2, -0.15) is 0 Å². The molecule has 0 amide bonds. The van der Waals surface area contributed by atoms with Gasteiger partial charge in [-0.25, -0.2) is 27.5 Å². The Morgan fingerprint density at radius 3 is 2.48 bits per heavy atom. The Bertz CT molecular complexity index is 713. The van der Waals surface area contributed by atoms with E-state index < -0.39 is 15.8 Å². The van der Waals surface area contributed by atoms with Gasteiger partial charge in [-0.05, 0) is 19.9 Å². The van der Waals surface area contributed by atoms with E-state index in [4.69, 9.17) is 0 Å². The Morgan fingerprint density at radius 2 is 1.90 bits per heavy atom. The van der Waals surface area contributed by atoms with Crippen LogP contribution in [0.15, 0.2) is 23.4 Å². The van der Waals surface area contributed by atoms with E-state index in [0.717, 1.165) is 22.1 Å². The first-order valence-electron chi connectivity index (χ1n) is 6.16. The Kier molecular flexibility index (Phi) is 4.86. The van der Waals surface area contributed by atoms with Crippen LogP contribution < -0.4 is 10.0 Å². The van der Waals surface area contributed by atoms with Crippen LogP contribution in [-0.4, -0.2) is 31.5 Å². The molecule has 2 rings (SSSR count). The van der Waals surface area contributed by atoms with Gasteiger partial charge in [-0.1, -0.05) is 0 Å². The number of anilines is 1. The third-order valence-electron chi connectivity index (χ3n) is 2.61. The maximum absolute atomic E-state index is 12.6. The van der Waals surface area contributed by atoms with Gasteiger partial charge in [-0.3, -0.25) is 0 Å². The molecule has 0 fully saturated rings. The van der Waals surface area contributed by atoms with E-state index in [-0.39, 0.29) is 12.5 Å². The van der Waals surface area contributed by atoms with Gasteiger partial charge in [-0.15, -0.1) is 11.3 Å². The molecule has 0 saturated carbocycles. The minimum atomic E-state index is -3.51. The van der Waals surface area contributed by atoms with Crippen LogP contribution in [0.25, 0.3) is 0 Å². The summed E-state index contributed by atoms with van der Waals surface area (Å²) < 4.78 is 39.3. The molecular formula is C12H15FN4O2S2. The van der Waals surface area contributed by atoms with Crippen LogP contribution in [0.2, 0.25) is 0 Å². The molecule has 0 aliphatic heterocycles. The van der Waals surface area contributed by atoms with Crippen molar-refractivity contribution in [3.05, 3.63) is 34.0 Å². The topological polar surface area (TPSA) is 84.0 Å². The van der Waals surface area contributed by atoms with Crippen molar-refractivity contribution in [2.45, 2.75) is 18.7 Å². The molecule has 2 aromatic rings. The van der Waals surface area contributed by atoms with Crippen molar-refractivity contribution in [1.82, 2.24) is 14.7 Å². The molecule has 0 aromatic carbocycles. The van der Waals surface area contributed by atoms with E-state index in [2.05, 4.69) is 20.0 Å². The summed E-state index contributed by atoms with van der Waals surface area (Å²) in [6.07, 6.45) is 2.08. The van der Waals surface area contributed by atoms with E-state index >= 15 is 0 Å². The Hall–Kier alpha value is -1.58. The van der Waals surface area contributed by atoms with E-state index in [1.54, 1.807) is 13.0 Å². The predicted molar refractivity (Wildman–Crippen MR) is 79.5 cm³/mol. The highest BCUT2D eigenvalue weighted by Crippen LogP contribution is 2.24. The molecule has 0 radical (unpaired) electrons. The second-order valence-electron chi connectivity index (χ2n) is 4.33. The summed E-state index contributed by atoms with van der Waals surface area (Å²) in [7, 11) is -3.51. The fourth-order valence-corrected chi connectivity index (χ4v) is 4.30. The third kappa shape index (κ3) is 4.19. The summed E-state index contributed by atoms with van der Waals surface area (Å²) in [5, 5.41) is 2.80. The maximum atomic E-state index is 12.6. The zero-order valence-electron chi connectivity index (χ0n) is 11.6. The van der Waals surface area contributed by atoms with Crippen LogP contribution in [0.3, 0.4) is 0 Å². The largest absolute Gasteiger partial charge is 0.353 e. The standard InChI is InChI=1S/C12H15FN4O2S2/c1-8-5-11(9(2)20-8)21(18,19)17-4-3-14-12-15-6-10(13)7-16-12/h5-7,17H,3-4H2,1-2H3,(H,14,15,16). The van der Waals surface area contributed by atoms with Gasteiger partial charge >= 0.3 is 0 Å². The van der Waals surface area contributed by atoms with Crippen molar-refractivity contribution in [1.29, 1.82) is 0 Å². The number of hydrogen-bond acceptors (Lipinski definition) is 6. The fraction of sp³-hybridized carbons (Fsp3) is 0.333. The van der Waals surface area contributed by atoms with Gasteiger partial charge in [0.25, 0.3) is 0 Å². The van der Waals surface area contributed by atoms with Crippen LogP contribution in [0.4, 0.5) is 10.3 Å². The summed E-state index contributed by atoms with van der Waals surface area (Å²) in [6.45, 7) is 4.12. The van der Waals surface area contributed by atoms with Gasteiger partial charge in [0.15, 0.2) is 5.82 Å². The van der Waals surface area contributed by atoms with Crippen molar-refractivity contribution >= 4 is 27.3 Å². The van der Waals surface area contributed by atoms with Crippen molar-refractivity contribution < 1.29 is 12.8 Å². The number of aryl methyl sites for hydroxylation is 2. The summed E-state index contributed by atoms with van der Waals surface area (Å²) in [5.41, 5.74) is 0. The molecule has 0 bridgehead atoms. The number of aromatic nitrogens is 2. The van der Waals surface area contributed by atoms with Crippen LogP contribution in [-0.2, 0) is 10.0 Å². The molecule has 0 atom stereocenters. The van der Waals surface area contributed by atoms with Gasteiger partial charge in [0.2, 0.25) is 16.0 Å². The lowest BCUT2D eigenvalue weighted by molar-refractivity contribution is 0.582. The molecule has 2 aromatic heterocycles. The van der Waals surface area contributed by atoms with Crippen LogP contribution in [0.5, 0.6) is 0 Å². The minimum absolute atomic E-state index is 0.178. The summed E-state index contributed by atoms with van der Waals surface area (Å²) in [4.78, 5) is 9.45. The van der Waals surface area contributed by atoms with Crippen molar-refractivity contribution in [2.24, 2.45) is 0 Å². The van der Waals surface area contributed by atoms with E-state index in [1.807, 2.05) is 6.92 Å². The smallest absolute Gasteiger partial charge is 0.241 e. The highest BCUT2D eigenvalue weighted by Gasteiger charge is 2.18. The van der Waals surface area contributed by atoms with Crippen molar-refractivity contribution in [3.8, 4) is 0 Å². The molecule has 2 N–H and O–H groups in total. The second kappa shape index (κ2) is 6.46. The number of hydrogen-bond donors (Lipinski definition) is 2. The highest BCUT2D eigenvalue weighted by atomic mass is 32.2. The van der Waals surface area contributed by atoms with E-state index in [9.17, 15) is 12.8 Å². The van der Waals surface area contributed by atoms with Crippen LogP contribution >= 0.6 is 11.3 Å². The normalized spacial score (nSPS) is 11.6. The number of nitrogens with zero attached hydrogens (tertiary/aromatic N) is 2. The van der Waals surface area contributed by atoms with E-state index in [0.29, 0.717) is 11.4 Å². The number of thiophene rings is 1. The van der Waals surface area contributed by atoms with Gasteiger partial charge in [0, 0.05) is 22.8 Å². The third-order valence-corrected chi connectivity index (χ3v) is 5.29. The Labute approximate surface area is 126 Å². The van der Waals surface area contributed by atoms with Gasteiger partial charge in [0.1, 0.15) is 0 Å². The number of sulfonamides is 1. The SMILES string of the molecule is Cc1cc(S(=O)(=O)NCCNc2ncc(F)cn2)c(C)s1. The maximum Gasteiger partial charge on any atom is 0.241 e. The minimum Gasteiger partial charge on any atom is -0.353 e. The van der Waals surface area contributed by atoms with Gasteiger partial charge in [0.05, 0.1) is 17.3 Å². The van der Waals surface area contributed by atoms with Crippen molar-refractivity contribution in [3.63, 3.8) is 0 Å². The summed E-state index contributed by atoms with van der Waals surface area (Å²) in [6, 6.07) is 1.65. The van der Waals surface area contributed by atoms with Crippen LogP contribution in [0.1, 0.15) is 9.75 Å². The molecule has 114 valence electrons. The molecule has 0 unspecified atom stereocenters. The van der Waals surface area contributed by atoms with Crippen molar-refractivity contribution in [2.75, 3.05) is 18.4 Å². The fourth-order valence-electron chi connectivity index (χ4n) is 1.72. The Balaban J connectivity index is 1.88. The first-order chi connectivity index (χ1) is 9.88. The quantitative estimate of drug-likeness (QED) is 0.787. The molecule has 9 heteroatoms. The molecule has 6 nitrogen and oxygen atoms in total. The summed E-state index contributed by atoms with van der Waals surface area (Å²) >= 11 is 1.44. The molecule has 0 saturated heterocycles. The Morgan fingerprint density at radius 1 is 1.24 bits per heavy atom. The number of rotatable bonds is 6. The molecule has 21 heavy (non-hydrogen) atoms. The highest BCUT2D eigenvalue weighted by molar-refractivity contribution is 7.89. The van der Waals surface area contributed by atoms with Gasteiger partial charge < -0.3 is 5.32 Å². The molecule has 0 aliphatic carbocycles. The molecule has 0 spiro atoms. The lowest BCUT2D eigenvalue weighted by Crippen LogP contribution is -2.29. The molecule has 2 heterocycles. The monoisotopic (exact) mass is 330 g/mol. The lowest BCUT2D eigenvalue weighted by atomic mass is 10.4. The number of nitrogens with one attached hydrogen (secondary N) is 2. The first kappa shape index (κ1) is 15.8. The number of halogens is 1. The lowest BCUT2D eigenvalue weighted by Gasteiger charge is -2.07.